The van der Waals surface area contributed by atoms with E-state index in [0.717, 1.165) is 19.5 Å². The molecule has 0 bridgehead atoms. The van der Waals surface area contributed by atoms with Gasteiger partial charge in [-0.2, -0.15) is 5.10 Å². The third-order valence-electron chi connectivity index (χ3n) is 1.57. The zero-order valence-electron chi connectivity index (χ0n) is 7.21. The lowest BCUT2D eigenvalue weighted by Crippen LogP contribution is -2.25. The van der Waals surface area contributed by atoms with Crippen molar-refractivity contribution >= 4 is 0 Å². The van der Waals surface area contributed by atoms with Gasteiger partial charge in [-0.1, -0.05) is 6.92 Å². The fourth-order valence-corrected chi connectivity index (χ4v) is 0.931. The largest absolute Gasteiger partial charge is 0.343 e. The van der Waals surface area contributed by atoms with Gasteiger partial charge in [0.2, 0.25) is 0 Å². The molecule has 0 saturated heterocycles. The molecule has 1 heterocycles. The highest BCUT2D eigenvalue weighted by Crippen LogP contribution is 1.75. The van der Waals surface area contributed by atoms with Gasteiger partial charge in [0.15, 0.2) is 0 Å². The van der Waals surface area contributed by atoms with E-state index in [4.69, 9.17) is 0 Å². The van der Waals surface area contributed by atoms with E-state index in [-0.39, 0.29) is 5.69 Å². The van der Waals surface area contributed by atoms with Crippen molar-refractivity contribution in [1.29, 1.82) is 0 Å². The lowest BCUT2D eigenvalue weighted by Gasteiger charge is -2.01. The van der Waals surface area contributed by atoms with Crippen LogP contribution in [0.5, 0.6) is 0 Å². The first-order valence-electron chi connectivity index (χ1n) is 4.15. The molecule has 12 heavy (non-hydrogen) atoms. The minimum Gasteiger partial charge on any atom is -0.315 e. The number of nitrogens with zero attached hydrogens (tertiary/aromatic N) is 2. The molecule has 0 radical (unpaired) electrons. The lowest BCUT2D eigenvalue weighted by molar-refractivity contribution is 0.583. The molecule has 0 spiro atoms. The first-order chi connectivity index (χ1) is 5.84. The quantitative estimate of drug-likeness (QED) is 0.589. The number of nitrogens with one attached hydrogen (secondary N) is 2. The van der Waals surface area contributed by atoms with Gasteiger partial charge in [-0.15, -0.1) is 0 Å². The molecule has 0 aromatic carbocycles. The predicted octanol–water partition coefficient (Wildman–Crippen LogP) is -0.429. The summed E-state index contributed by atoms with van der Waals surface area (Å²) in [4.78, 5) is 10.9. The molecule has 0 fully saturated rings. The van der Waals surface area contributed by atoms with Gasteiger partial charge in [-0.3, -0.25) is 4.57 Å². The van der Waals surface area contributed by atoms with Gasteiger partial charge in [0.1, 0.15) is 6.33 Å². The highest BCUT2D eigenvalue weighted by atomic mass is 16.1. The number of hydrogen-bond acceptors (Lipinski definition) is 3. The van der Waals surface area contributed by atoms with E-state index in [1.165, 1.54) is 6.33 Å². The van der Waals surface area contributed by atoms with Crippen LogP contribution in [0.4, 0.5) is 0 Å². The number of H-pyrrole nitrogens is 1. The summed E-state index contributed by atoms with van der Waals surface area (Å²) in [5.74, 6) is 0. The normalized spacial score (nSPS) is 10.4. The smallest absolute Gasteiger partial charge is 0.315 e. The van der Waals surface area contributed by atoms with Crippen LogP contribution < -0.4 is 11.0 Å². The molecule has 0 aliphatic heterocycles. The van der Waals surface area contributed by atoms with Crippen LogP contribution in [0.25, 0.3) is 0 Å². The summed E-state index contributed by atoms with van der Waals surface area (Å²) in [7, 11) is 0. The van der Waals surface area contributed by atoms with E-state index in [1.54, 1.807) is 4.57 Å². The first kappa shape index (κ1) is 8.99. The average molecular weight is 170 g/mol. The van der Waals surface area contributed by atoms with Crippen molar-refractivity contribution in [3.05, 3.63) is 16.8 Å². The molecular weight excluding hydrogens is 156 g/mol. The predicted molar refractivity (Wildman–Crippen MR) is 46.0 cm³/mol. The Bertz CT molecular complexity index is 264. The Morgan fingerprint density at radius 2 is 2.50 bits per heavy atom. The number of aromatic nitrogens is 3. The van der Waals surface area contributed by atoms with E-state index < -0.39 is 0 Å². The second-order valence-corrected chi connectivity index (χ2v) is 2.60. The SMILES string of the molecule is CCCNCCn1cn[nH]c1=O. The summed E-state index contributed by atoms with van der Waals surface area (Å²) >= 11 is 0. The summed E-state index contributed by atoms with van der Waals surface area (Å²) in [5, 5.41) is 9.16. The molecule has 68 valence electrons. The van der Waals surface area contributed by atoms with Gasteiger partial charge in [-0.25, -0.2) is 9.89 Å². The topological polar surface area (TPSA) is 62.7 Å². The fourth-order valence-electron chi connectivity index (χ4n) is 0.931. The van der Waals surface area contributed by atoms with Gasteiger partial charge in [0.25, 0.3) is 0 Å². The maximum Gasteiger partial charge on any atom is 0.343 e. The monoisotopic (exact) mass is 170 g/mol. The standard InChI is InChI=1S/C7H14N4O/c1-2-3-8-4-5-11-6-9-10-7(11)12/h6,8H,2-5H2,1H3,(H,10,12). The summed E-state index contributed by atoms with van der Waals surface area (Å²) < 4.78 is 1.54. The molecule has 0 aliphatic rings. The van der Waals surface area contributed by atoms with Gasteiger partial charge >= 0.3 is 5.69 Å². The van der Waals surface area contributed by atoms with E-state index >= 15 is 0 Å². The molecular formula is C7H14N4O. The fraction of sp³-hybridized carbons (Fsp3) is 0.714. The van der Waals surface area contributed by atoms with Crippen molar-refractivity contribution in [2.75, 3.05) is 13.1 Å². The Morgan fingerprint density at radius 1 is 1.67 bits per heavy atom. The van der Waals surface area contributed by atoms with Crippen LogP contribution in [0.15, 0.2) is 11.1 Å². The Hall–Kier alpha value is -1.10. The maximum absolute atomic E-state index is 10.9. The second kappa shape index (κ2) is 4.71. The first-order valence-corrected chi connectivity index (χ1v) is 4.15. The van der Waals surface area contributed by atoms with Gasteiger partial charge in [-0.05, 0) is 13.0 Å². The van der Waals surface area contributed by atoms with Crippen LogP contribution in [0.3, 0.4) is 0 Å². The number of rotatable bonds is 5. The average Bonchev–Trinajstić information content (AvgIpc) is 2.46. The minimum absolute atomic E-state index is 0.145. The molecule has 0 saturated carbocycles. The van der Waals surface area contributed by atoms with Crippen molar-refractivity contribution in [1.82, 2.24) is 20.1 Å². The number of hydrogen-bond donors (Lipinski definition) is 2. The number of aromatic amines is 1. The third kappa shape index (κ3) is 2.50. The van der Waals surface area contributed by atoms with Gasteiger partial charge in [0.05, 0.1) is 0 Å². The maximum atomic E-state index is 10.9. The highest BCUT2D eigenvalue weighted by molar-refractivity contribution is 4.63. The Kier molecular flexibility index (Phi) is 3.53. The van der Waals surface area contributed by atoms with Gasteiger partial charge in [0, 0.05) is 13.1 Å². The molecule has 5 nitrogen and oxygen atoms in total. The van der Waals surface area contributed by atoms with Gasteiger partial charge < -0.3 is 5.32 Å². The molecule has 1 rings (SSSR count). The Labute approximate surface area is 70.8 Å². The lowest BCUT2D eigenvalue weighted by atomic mass is 10.5. The van der Waals surface area contributed by atoms with Crippen molar-refractivity contribution in [3.8, 4) is 0 Å². The van der Waals surface area contributed by atoms with E-state index in [9.17, 15) is 4.79 Å². The summed E-state index contributed by atoms with van der Waals surface area (Å²) in [6.07, 6.45) is 2.62. The molecule has 1 aromatic rings. The molecule has 0 amide bonds. The third-order valence-corrected chi connectivity index (χ3v) is 1.57. The zero-order valence-corrected chi connectivity index (χ0v) is 7.21. The van der Waals surface area contributed by atoms with Crippen molar-refractivity contribution in [2.24, 2.45) is 0 Å². The molecule has 1 aromatic heterocycles. The zero-order chi connectivity index (χ0) is 8.81. The summed E-state index contributed by atoms with van der Waals surface area (Å²) in [5.41, 5.74) is -0.145. The van der Waals surface area contributed by atoms with Crippen molar-refractivity contribution < 1.29 is 0 Å². The Balaban J connectivity index is 2.24. The highest BCUT2D eigenvalue weighted by Gasteiger charge is 1.94. The molecule has 0 unspecified atom stereocenters. The van der Waals surface area contributed by atoms with Crippen molar-refractivity contribution in [3.63, 3.8) is 0 Å². The van der Waals surface area contributed by atoms with Crippen molar-refractivity contribution in [2.45, 2.75) is 19.9 Å². The molecule has 0 aliphatic carbocycles. The van der Waals surface area contributed by atoms with E-state index in [2.05, 4.69) is 22.4 Å². The molecule has 5 heteroatoms. The van der Waals surface area contributed by atoms with Crippen LogP contribution in [-0.2, 0) is 6.54 Å². The van der Waals surface area contributed by atoms with E-state index in [0.29, 0.717) is 6.54 Å². The summed E-state index contributed by atoms with van der Waals surface area (Å²) in [6, 6.07) is 0. The molecule has 2 N–H and O–H groups in total. The van der Waals surface area contributed by atoms with Crippen LogP contribution in [-0.4, -0.2) is 27.9 Å². The summed E-state index contributed by atoms with van der Waals surface area (Å²) in [6.45, 7) is 4.59. The van der Waals surface area contributed by atoms with Crippen LogP contribution >= 0.6 is 0 Å². The molecule has 0 atom stereocenters. The second-order valence-electron chi connectivity index (χ2n) is 2.60. The van der Waals surface area contributed by atoms with E-state index in [1.807, 2.05) is 0 Å². The van der Waals surface area contributed by atoms with Crippen LogP contribution in [0.1, 0.15) is 13.3 Å². The minimum atomic E-state index is -0.145. The van der Waals surface area contributed by atoms with Crippen LogP contribution in [0.2, 0.25) is 0 Å². The van der Waals surface area contributed by atoms with Crippen LogP contribution in [0, 0.1) is 0 Å². The Morgan fingerprint density at radius 3 is 3.08 bits per heavy atom.